The summed E-state index contributed by atoms with van der Waals surface area (Å²) >= 11 is 11.0. The molecule has 0 bridgehead atoms. The van der Waals surface area contributed by atoms with Gasteiger partial charge in [-0.1, -0.05) is 38.9 Å². The van der Waals surface area contributed by atoms with E-state index in [4.69, 9.17) is 26.1 Å². The first-order valence-corrected chi connectivity index (χ1v) is 12.9. The van der Waals surface area contributed by atoms with Crippen molar-refractivity contribution in [3.05, 3.63) is 52.0 Å². The molecule has 1 aromatic heterocycles. The number of hydrogen-bond donors (Lipinski definition) is 0. The number of aromatic nitrogens is 1. The molecule has 10 heteroatoms. The van der Waals surface area contributed by atoms with Gasteiger partial charge >= 0.3 is 0 Å². The van der Waals surface area contributed by atoms with Crippen molar-refractivity contribution < 1.29 is 14.3 Å². The molecule has 2 aromatic carbocycles. The summed E-state index contributed by atoms with van der Waals surface area (Å²) in [7, 11) is 0. The zero-order valence-electron chi connectivity index (χ0n) is 19.1. The Bertz CT molecular complexity index is 1100. The lowest BCUT2D eigenvalue weighted by Crippen LogP contribution is -2.50. The van der Waals surface area contributed by atoms with Crippen LogP contribution in [0.25, 0.3) is 10.2 Å². The second-order valence-corrected chi connectivity index (χ2v) is 10.8. The molecule has 4 rings (SSSR count). The molecule has 1 amide bonds. The van der Waals surface area contributed by atoms with Crippen LogP contribution in [0.5, 0.6) is 5.75 Å². The Morgan fingerprint density at radius 3 is 2.65 bits per heavy atom. The van der Waals surface area contributed by atoms with Crippen molar-refractivity contribution in [2.75, 3.05) is 44.3 Å². The number of ether oxygens (including phenoxy) is 2. The molecule has 184 valence electrons. The van der Waals surface area contributed by atoms with Crippen LogP contribution in [0.1, 0.15) is 20.3 Å². The van der Waals surface area contributed by atoms with E-state index in [2.05, 4.69) is 20.8 Å². The molecule has 6 nitrogen and oxygen atoms in total. The minimum Gasteiger partial charge on any atom is -0.478 e. The Balaban J connectivity index is 0.00000324. The number of nitrogens with zero attached hydrogens (tertiary/aromatic N) is 3. The standard InChI is InChI=1S/C24H27BrClN3O3S.ClH/c1-24(2,32-19-7-5-18(26)6-8-19)22(30)29(11-3-10-28-12-14-31-15-13-28)23-27-20-9-4-17(25)16-21(20)33-23;/h4-9,16H,3,10-15H2,1-2H3;1H. The fourth-order valence-corrected chi connectivity index (χ4v) is 5.40. The molecular weight excluding hydrogens is 561 g/mol. The highest BCUT2D eigenvalue weighted by Gasteiger charge is 2.36. The predicted molar refractivity (Wildman–Crippen MR) is 145 cm³/mol. The molecule has 0 atom stereocenters. The minimum atomic E-state index is -1.08. The average Bonchev–Trinajstić information content (AvgIpc) is 3.21. The second kappa shape index (κ2) is 12.0. The molecule has 0 aliphatic carbocycles. The molecule has 1 saturated heterocycles. The van der Waals surface area contributed by atoms with Gasteiger partial charge in [0.05, 0.1) is 23.4 Å². The van der Waals surface area contributed by atoms with Crippen molar-refractivity contribution in [2.24, 2.45) is 0 Å². The van der Waals surface area contributed by atoms with E-state index < -0.39 is 5.60 Å². The third-order valence-electron chi connectivity index (χ3n) is 5.48. The number of benzene rings is 2. The smallest absolute Gasteiger partial charge is 0.272 e. The quantitative estimate of drug-likeness (QED) is 0.321. The van der Waals surface area contributed by atoms with Crippen LogP contribution in [-0.2, 0) is 9.53 Å². The summed E-state index contributed by atoms with van der Waals surface area (Å²) in [5.41, 5.74) is -0.203. The van der Waals surface area contributed by atoms with Crippen LogP contribution in [0.2, 0.25) is 5.02 Å². The van der Waals surface area contributed by atoms with Crippen molar-refractivity contribution in [1.82, 2.24) is 9.88 Å². The zero-order valence-corrected chi connectivity index (χ0v) is 23.1. The van der Waals surface area contributed by atoms with E-state index >= 15 is 0 Å². The largest absolute Gasteiger partial charge is 0.478 e. The van der Waals surface area contributed by atoms with Gasteiger partial charge in [0, 0.05) is 35.7 Å². The Labute approximate surface area is 223 Å². The number of fused-ring (bicyclic) bond motifs is 1. The molecule has 0 spiro atoms. The highest BCUT2D eigenvalue weighted by atomic mass is 79.9. The van der Waals surface area contributed by atoms with Gasteiger partial charge in [-0.2, -0.15) is 0 Å². The van der Waals surface area contributed by atoms with E-state index in [9.17, 15) is 4.79 Å². The summed E-state index contributed by atoms with van der Waals surface area (Å²) in [5.74, 6) is 0.469. The summed E-state index contributed by atoms with van der Waals surface area (Å²) in [6.07, 6.45) is 0.836. The maximum atomic E-state index is 13.8. The Morgan fingerprint density at radius 1 is 1.24 bits per heavy atom. The summed E-state index contributed by atoms with van der Waals surface area (Å²) in [6.45, 7) is 8.43. The Kier molecular flexibility index (Phi) is 9.60. The lowest BCUT2D eigenvalue weighted by molar-refractivity contribution is -0.131. The first-order chi connectivity index (χ1) is 15.8. The van der Waals surface area contributed by atoms with E-state index in [1.54, 1.807) is 43.0 Å². The van der Waals surface area contributed by atoms with Gasteiger partial charge in [0.1, 0.15) is 5.75 Å². The number of rotatable bonds is 8. The first-order valence-electron chi connectivity index (χ1n) is 10.9. The molecule has 34 heavy (non-hydrogen) atoms. The molecular formula is C24H28BrCl2N3O3S. The second-order valence-electron chi connectivity index (χ2n) is 8.44. The van der Waals surface area contributed by atoms with Crippen LogP contribution in [-0.4, -0.2) is 60.8 Å². The van der Waals surface area contributed by atoms with Crippen LogP contribution in [0.15, 0.2) is 46.9 Å². The molecule has 0 saturated carbocycles. The van der Waals surface area contributed by atoms with Gasteiger partial charge in [-0.05, 0) is 62.7 Å². The van der Waals surface area contributed by atoms with E-state index in [1.165, 1.54) is 11.3 Å². The number of amides is 1. The molecule has 1 aliphatic heterocycles. The number of halogens is 3. The van der Waals surface area contributed by atoms with E-state index in [-0.39, 0.29) is 18.3 Å². The molecule has 1 fully saturated rings. The lowest BCUT2D eigenvalue weighted by Gasteiger charge is -2.32. The van der Waals surface area contributed by atoms with Gasteiger partial charge < -0.3 is 9.47 Å². The number of carbonyl (C=O) groups excluding carboxylic acids is 1. The van der Waals surface area contributed by atoms with Gasteiger partial charge in [0.2, 0.25) is 0 Å². The van der Waals surface area contributed by atoms with Gasteiger partial charge in [0.25, 0.3) is 5.91 Å². The molecule has 0 N–H and O–H groups in total. The van der Waals surface area contributed by atoms with Crippen molar-refractivity contribution in [3.63, 3.8) is 0 Å². The van der Waals surface area contributed by atoms with Crippen LogP contribution in [0, 0.1) is 0 Å². The van der Waals surface area contributed by atoms with Crippen LogP contribution in [0.4, 0.5) is 5.13 Å². The predicted octanol–water partition coefficient (Wildman–Crippen LogP) is 6.05. The Hall–Kier alpha value is -1.42. The minimum absolute atomic E-state index is 0. The molecule has 0 unspecified atom stereocenters. The molecule has 1 aliphatic rings. The lowest BCUT2D eigenvalue weighted by atomic mass is 10.1. The van der Waals surface area contributed by atoms with Crippen molar-refractivity contribution >= 4 is 72.5 Å². The number of morpholine rings is 1. The van der Waals surface area contributed by atoms with Crippen molar-refractivity contribution in [2.45, 2.75) is 25.9 Å². The zero-order chi connectivity index (χ0) is 23.4. The van der Waals surface area contributed by atoms with Crippen LogP contribution < -0.4 is 9.64 Å². The topological polar surface area (TPSA) is 54.9 Å². The molecule has 0 radical (unpaired) electrons. The van der Waals surface area contributed by atoms with Crippen molar-refractivity contribution in [3.8, 4) is 5.75 Å². The number of thiazole rings is 1. The summed E-state index contributed by atoms with van der Waals surface area (Å²) in [6, 6.07) is 13.0. The van der Waals surface area contributed by atoms with Crippen LogP contribution in [0.3, 0.4) is 0 Å². The SMILES string of the molecule is CC(C)(Oc1ccc(Cl)cc1)C(=O)N(CCCN1CCOCC1)c1nc2ccc(Br)cc2s1.Cl. The number of anilines is 1. The van der Waals surface area contributed by atoms with E-state index in [1.807, 2.05) is 18.2 Å². The van der Waals surface area contributed by atoms with Gasteiger partial charge in [-0.25, -0.2) is 4.98 Å². The number of hydrogen-bond acceptors (Lipinski definition) is 6. The van der Waals surface area contributed by atoms with Gasteiger partial charge in [-0.15, -0.1) is 12.4 Å². The van der Waals surface area contributed by atoms with Crippen molar-refractivity contribution in [1.29, 1.82) is 0 Å². The summed E-state index contributed by atoms with van der Waals surface area (Å²) in [5, 5.41) is 1.31. The maximum absolute atomic E-state index is 13.8. The Morgan fingerprint density at radius 2 is 1.94 bits per heavy atom. The molecule has 2 heterocycles. The highest BCUT2D eigenvalue weighted by molar-refractivity contribution is 9.10. The van der Waals surface area contributed by atoms with Gasteiger partial charge in [0.15, 0.2) is 10.7 Å². The third-order valence-corrected chi connectivity index (χ3v) is 7.26. The van der Waals surface area contributed by atoms with E-state index in [0.29, 0.717) is 22.4 Å². The fraction of sp³-hybridized carbons (Fsp3) is 0.417. The summed E-state index contributed by atoms with van der Waals surface area (Å²) in [4.78, 5) is 22.7. The third kappa shape index (κ3) is 6.83. The summed E-state index contributed by atoms with van der Waals surface area (Å²) < 4.78 is 13.6. The fourth-order valence-electron chi connectivity index (χ4n) is 3.73. The highest BCUT2D eigenvalue weighted by Crippen LogP contribution is 2.33. The normalized spacial score (nSPS) is 14.6. The van der Waals surface area contributed by atoms with Crippen LogP contribution >= 0.6 is 51.3 Å². The maximum Gasteiger partial charge on any atom is 0.272 e. The average molecular weight is 589 g/mol. The van der Waals surface area contributed by atoms with E-state index in [0.717, 1.165) is 54.0 Å². The number of carbonyl (C=O) groups is 1. The first kappa shape index (κ1) is 27.2. The molecule has 3 aromatic rings. The van der Waals surface area contributed by atoms with Gasteiger partial charge in [-0.3, -0.25) is 14.6 Å². The monoisotopic (exact) mass is 587 g/mol.